The number of sulfone groups is 1. The van der Waals surface area contributed by atoms with Crippen LogP contribution in [0.25, 0.3) is 0 Å². The van der Waals surface area contributed by atoms with E-state index in [4.69, 9.17) is 4.74 Å². The number of rotatable bonds is 9. The molecule has 7 fully saturated rings. The summed E-state index contributed by atoms with van der Waals surface area (Å²) in [6.45, 7) is 26.5. The number of hydrogen-bond acceptors (Lipinski definition) is 8. The summed E-state index contributed by atoms with van der Waals surface area (Å²) in [5, 5.41) is 24.9. The summed E-state index contributed by atoms with van der Waals surface area (Å²) in [4.78, 5) is 27.6. The van der Waals surface area contributed by atoms with Crippen molar-refractivity contribution in [1.29, 1.82) is 0 Å². The number of fused-ring (bicyclic) bond motifs is 7. The average Bonchev–Trinajstić information content (AvgIpc) is 3.45. The van der Waals surface area contributed by atoms with Crippen molar-refractivity contribution in [3.05, 3.63) is 12.2 Å². The van der Waals surface area contributed by atoms with Crippen LogP contribution in [0, 0.1) is 68.5 Å². The number of allylic oxidation sites excluding steroid dienone is 1. The maximum absolute atomic E-state index is 13.5. The zero-order valence-electron chi connectivity index (χ0n) is 34.9. The number of carboxylic acid groups (broad SMARTS) is 1. The number of aliphatic hydroxyl groups excluding tert-OH is 1. The van der Waals surface area contributed by atoms with Crippen LogP contribution in [0.4, 0.5) is 0 Å². The van der Waals surface area contributed by atoms with Crippen molar-refractivity contribution in [1.82, 2.24) is 10.2 Å². The van der Waals surface area contributed by atoms with Gasteiger partial charge in [-0.3, -0.25) is 14.5 Å². The molecule has 54 heavy (non-hydrogen) atoms. The third-order valence-electron chi connectivity index (χ3n) is 18.7. The van der Waals surface area contributed by atoms with Gasteiger partial charge >= 0.3 is 11.9 Å². The maximum atomic E-state index is 13.5. The van der Waals surface area contributed by atoms with Gasteiger partial charge < -0.3 is 20.3 Å². The molecule has 1 aliphatic heterocycles. The lowest BCUT2D eigenvalue weighted by Crippen LogP contribution is -2.69. The van der Waals surface area contributed by atoms with Crippen molar-refractivity contribution < 1.29 is 33.0 Å². The van der Waals surface area contributed by atoms with Crippen molar-refractivity contribution in [2.75, 3.05) is 31.1 Å². The van der Waals surface area contributed by atoms with Crippen LogP contribution in [-0.2, 0) is 24.2 Å². The van der Waals surface area contributed by atoms with E-state index in [-0.39, 0.29) is 56.8 Å². The molecule has 0 bridgehead atoms. The predicted octanol–water partition coefficient (Wildman–Crippen LogP) is 6.73. The Hall–Kier alpha value is -1.49. The molecule has 6 saturated carbocycles. The van der Waals surface area contributed by atoms with E-state index in [1.165, 1.54) is 31.3 Å². The predicted molar refractivity (Wildman–Crippen MR) is 211 cm³/mol. The maximum Gasteiger partial charge on any atom is 0.310 e. The average molecular weight is 773 g/mol. The van der Waals surface area contributed by atoms with Gasteiger partial charge in [0.05, 0.1) is 29.4 Å². The number of nitrogens with one attached hydrogen (secondary N) is 1. The van der Waals surface area contributed by atoms with Gasteiger partial charge in [-0.15, -0.1) is 0 Å². The largest absolute Gasteiger partial charge is 0.481 e. The molecule has 1 saturated heterocycles. The van der Waals surface area contributed by atoms with Crippen molar-refractivity contribution in [2.24, 2.45) is 68.5 Å². The number of carboxylic acids is 1. The Balaban J connectivity index is 1.11. The van der Waals surface area contributed by atoms with Gasteiger partial charge in [0.1, 0.15) is 6.10 Å². The van der Waals surface area contributed by atoms with Crippen molar-refractivity contribution >= 4 is 21.8 Å². The first-order chi connectivity index (χ1) is 25.0. The molecule has 7 aliphatic rings. The summed E-state index contributed by atoms with van der Waals surface area (Å²) in [7, 11) is -3.00. The van der Waals surface area contributed by atoms with Gasteiger partial charge in [-0.2, -0.15) is 0 Å². The number of carbonyl (C=O) groups excluding carboxylic acids is 1. The molecule has 0 unspecified atom stereocenters. The molecule has 0 spiro atoms. The molecule has 0 aromatic rings. The second-order valence-corrected chi connectivity index (χ2v) is 23.9. The fraction of sp³-hybridized carbons (Fsp3) is 0.909. The van der Waals surface area contributed by atoms with Crippen LogP contribution >= 0.6 is 0 Å². The summed E-state index contributed by atoms with van der Waals surface area (Å²) in [5.41, 5.74) is 0.960. The second-order valence-electron chi connectivity index (χ2n) is 21.6. The highest BCUT2D eigenvalue weighted by Crippen LogP contribution is 2.76. The normalized spacial score (nSPS) is 47.1. The number of aliphatic hydroxyl groups is 1. The Morgan fingerprint density at radius 2 is 1.52 bits per heavy atom. The third-order valence-corrected chi connectivity index (χ3v) is 20.3. The molecule has 0 aromatic carbocycles. The summed E-state index contributed by atoms with van der Waals surface area (Å²) >= 11 is 0. The lowest BCUT2D eigenvalue weighted by molar-refractivity contribution is -0.246. The Morgan fingerprint density at radius 3 is 2.11 bits per heavy atom. The van der Waals surface area contributed by atoms with E-state index >= 15 is 0 Å². The topological polar surface area (TPSA) is 133 Å². The Kier molecular flexibility index (Phi) is 10.0. The van der Waals surface area contributed by atoms with Gasteiger partial charge in [0, 0.05) is 36.6 Å². The second kappa shape index (κ2) is 13.3. The zero-order chi connectivity index (χ0) is 39.6. The fourth-order valence-corrected chi connectivity index (χ4v) is 16.6. The molecular formula is C44H72N2O7S. The summed E-state index contributed by atoms with van der Waals surface area (Å²) in [6, 6.07) is -0.122. The van der Waals surface area contributed by atoms with E-state index in [2.05, 4.69) is 58.3 Å². The van der Waals surface area contributed by atoms with Crippen LogP contribution in [0.2, 0.25) is 0 Å². The number of esters is 1. The minimum Gasteiger partial charge on any atom is -0.481 e. The van der Waals surface area contributed by atoms with Crippen LogP contribution < -0.4 is 5.32 Å². The van der Waals surface area contributed by atoms with Crippen LogP contribution in [0.1, 0.15) is 127 Å². The zero-order valence-corrected chi connectivity index (χ0v) is 35.7. The highest BCUT2D eigenvalue weighted by molar-refractivity contribution is 7.91. The van der Waals surface area contributed by atoms with Gasteiger partial charge in [-0.1, -0.05) is 60.6 Å². The SMILES string of the molecule is C=C(C)[C@@H]1CC[C@]2(NC[C@H]([C@@H](C)O)N3CCS(=O)(=O)CC3)CC[C@]3(C)[C@H](CC[C@@H]4[C@@]5(C)CC[C@H](OC(=O)[C@H]6[C@@H](C(=O)O)C6(C)C)C(C)(C)[C@@H]5CC[C@]43C)[C@@H]12. The van der Waals surface area contributed by atoms with Crippen molar-refractivity contribution in [3.8, 4) is 0 Å². The molecule has 10 heteroatoms. The lowest BCUT2D eigenvalue weighted by Gasteiger charge is -2.73. The molecule has 6 aliphatic carbocycles. The minimum absolute atomic E-state index is 0.0210. The first-order valence-electron chi connectivity index (χ1n) is 21.4. The number of carbonyl (C=O) groups is 2. The summed E-state index contributed by atoms with van der Waals surface area (Å²) in [6.07, 6.45) is 10.3. The van der Waals surface area contributed by atoms with Crippen molar-refractivity contribution in [3.63, 3.8) is 0 Å². The van der Waals surface area contributed by atoms with Crippen LogP contribution in [0.5, 0.6) is 0 Å². The number of hydrogen-bond donors (Lipinski definition) is 3. The summed E-state index contributed by atoms with van der Waals surface area (Å²) in [5.74, 6) is 0.331. The number of ether oxygens (including phenoxy) is 1. The highest BCUT2D eigenvalue weighted by Gasteiger charge is 2.72. The van der Waals surface area contributed by atoms with Gasteiger partial charge in [0.25, 0.3) is 0 Å². The van der Waals surface area contributed by atoms with Gasteiger partial charge in [-0.05, 0) is 129 Å². The molecule has 9 nitrogen and oxygen atoms in total. The Bertz CT molecular complexity index is 1630. The minimum atomic E-state index is -3.00. The molecular weight excluding hydrogens is 701 g/mol. The van der Waals surface area contributed by atoms with E-state index in [1.807, 2.05) is 20.8 Å². The number of aliphatic carboxylic acids is 1. The Labute approximate surface area is 326 Å². The molecule has 306 valence electrons. The highest BCUT2D eigenvalue weighted by atomic mass is 32.2. The molecule has 7 rings (SSSR count). The van der Waals surface area contributed by atoms with Crippen LogP contribution in [-0.4, -0.2) is 90.4 Å². The lowest BCUT2D eigenvalue weighted by atomic mass is 9.32. The quantitative estimate of drug-likeness (QED) is 0.172. The van der Waals surface area contributed by atoms with Crippen LogP contribution in [0.3, 0.4) is 0 Å². The first-order valence-corrected chi connectivity index (χ1v) is 23.3. The molecule has 1 heterocycles. The van der Waals surface area contributed by atoms with E-state index in [0.717, 1.165) is 38.5 Å². The van der Waals surface area contributed by atoms with E-state index in [0.29, 0.717) is 49.2 Å². The monoisotopic (exact) mass is 773 g/mol. The van der Waals surface area contributed by atoms with Gasteiger partial charge in [0.2, 0.25) is 0 Å². The van der Waals surface area contributed by atoms with E-state index < -0.39 is 39.2 Å². The number of nitrogens with zero attached hydrogens (tertiary/aromatic N) is 1. The van der Waals surface area contributed by atoms with Gasteiger partial charge in [0.15, 0.2) is 9.84 Å². The van der Waals surface area contributed by atoms with E-state index in [1.54, 1.807) is 0 Å². The van der Waals surface area contributed by atoms with Gasteiger partial charge in [-0.25, -0.2) is 8.42 Å². The molecule has 0 aromatic heterocycles. The molecule has 14 atom stereocenters. The molecule has 0 amide bonds. The standard InChI is InChI=1S/C44H72N2O7S/c1-26(2)28-13-18-44(45-25-30(27(3)47)46-21-23-54(51,52)24-22-46)20-19-42(9)29(34(28)44)11-12-32-41(8)16-15-33(39(4,5)31(41)14-17-43(32,42)10)53-38(50)36-35(37(48)49)40(36,6)7/h27-36,45,47H,1,11-25H2,2-10H3,(H,48,49)/t27-,28+,29-,30-,31+,32-,33+,34-,35+,36-,41+,42-,43-,44+/m1/s1. The Morgan fingerprint density at radius 1 is 0.852 bits per heavy atom. The smallest absolute Gasteiger partial charge is 0.310 e. The fourth-order valence-electron chi connectivity index (χ4n) is 15.4. The van der Waals surface area contributed by atoms with E-state index in [9.17, 15) is 28.2 Å². The molecule has 0 radical (unpaired) electrons. The summed E-state index contributed by atoms with van der Waals surface area (Å²) < 4.78 is 30.8. The third kappa shape index (κ3) is 6.01. The first kappa shape index (κ1) is 40.7. The van der Waals surface area contributed by atoms with Crippen molar-refractivity contribution in [2.45, 2.75) is 150 Å². The van der Waals surface area contributed by atoms with Crippen LogP contribution in [0.15, 0.2) is 12.2 Å². The molecule has 3 N–H and O–H groups in total.